The van der Waals surface area contributed by atoms with Crippen molar-refractivity contribution in [3.05, 3.63) is 41.5 Å². The molecule has 2 spiro atoms. The Kier molecular flexibility index (Phi) is 1.98. The van der Waals surface area contributed by atoms with Gasteiger partial charge in [-0.3, -0.25) is 0 Å². The molecule has 2 nitrogen and oxygen atoms in total. The molecule has 1 aromatic rings. The van der Waals surface area contributed by atoms with Gasteiger partial charge in [0.25, 0.3) is 0 Å². The smallest absolute Gasteiger partial charge is 0.119 e. The van der Waals surface area contributed by atoms with Crippen LogP contribution >= 0.6 is 0 Å². The Morgan fingerprint density at radius 1 is 1.29 bits per heavy atom. The van der Waals surface area contributed by atoms with Crippen molar-refractivity contribution in [3.63, 3.8) is 0 Å². The van der Waals surface area contributed by atoms with Crippen molar-refractivity contribution < 1.29 is 9.84 Å². The average Bonchev–Trinajstić information content (AvgIpc) is 2.90. The molecular weight excluding hydrogens is 260 g/mol. The minimum atomic E-state index is -0.260. The van der Waals surface area contributed by atoms with Gasteiger partial charge in [-0.2, -0.15) is 0 Å². The van der Waals surface area contributed by atoms with E-state index in [1.165, 1.54) is 18.4 Å². The molecule has 0 radical (unpaired) electrons. The summed E-state index contributed by atoms with van der Waals surface area (Å²) in [5, 5.41) is 10.5. The number of methoxy groups -OCH3 is 1. The lowest BCUT2D eigenvalue weighted by molar-refractivity contribution is 0.0473. The number of rotatable bonds is 1. The highest BCUT2D eigenvalue weighted by molar-refractivity contribution is 5.58. The van der Waals surface area contributed by atoms with Gasteiger partial charge in [-0.15, -0.1) is 0 Å². The molecule has 2 unspecified atom stereocenters. The Labute approximate surface area is 125 Å². The van der Waals surface area contributed by atoms with Gasteiger partial charge in [-0.1, -0.05) is 25.1 Å². The maximum Gasteiger partial charge on any atom is 0.119 e. The molecule has 2 heteroatoms. The summed E-state index contributed by atoms with van der Waals surface area (Å²) in [6.45, 7) is 2.31. The van der Waals surface area contributed by atoms with Crippen molar-refractivity contribution in [3.8, 4) is 5.75 Å². The highest BCUT2D eigenvalue weighted by atomic mass is 16.5. The first-order valence-electron chi connectivity index (χ1n) is 8.15. The van der Waals surface area contributed by atoms with Crippen molar-refractivity contribution in [2.24, 2.45) is 16.7 Å². The van der Waals surface area contributed by atoms with E-state index in [1.807, 2.05) is 0 Å². The van der Waals surface area contributed by atoms with Crippen molar-refractivity contribution in [2.45, 2.75) is 44.1 Å². The van der Waals surface area contributed by atoms with Crippen LogP contribution in [0, 0.1) is 16.7 Å². The lowest BCUT2D eigenvalue weighted by atomic mass is 9.73. The van der Waals surface area contributed by atoms with Crippen molar-refractivity contribution in [1.29, 1.82) is 0 Å². The van der Waals surface area contributed by atoms with Gasteiger partial charge in [0, 0.05) is 16.2 Å². The third kappa shape index (κ3) is 1.02. The van der Waals surface area contributed by atoms with E-state index in [2.05, 4.69) is 37.3 Å². The topological polar surface area (TPSA) is 29.5 Å². The predicted molar refractivity (Wildman–Crippen MR) is 81.4 cm³/mol. The van der Waals surface area contributed by atoms with Gasteiger partial charge >= 0.3 is 0 Å². The fraction of sp³-hybridized carbons (Fsp3) is 0.579. The van der Waals surface area contributed by atoms with Gasteiger partial charge in [0.2, 0.25) is 0 Å². The van der Waals surface area contributed by atoms with E-state index in [1.54, 1.807) is 12.7 Å². The summed E-state index contributed by atoms with van der Waals surface area (Å²) in [7, 11) is 1.74. The van der Waals surface area contributed by atoms with E-state index < -0.39 is 0 Å². The van der Waals surface area contributed by atoms with E-state index in [9.17, 15) is 5.11 Å². The number of hydrogen-bond donors (Lipinski definition) is 1. The summed E-state index contributed by atoms with van der Waals surface area (Å²) in [5.41, 5.74) is 3.59. The second-order valence-electron chi connectivity index (χ2n) is 7.68. The van der Waals surface area contributed by atoms with Crippen molar-refractivity contribution in [1.82, 2.24) is 0 Å². The highest BCUT2D eigenvalue weighted by Gasteiger charge is 2.86. The van der Waals surface area contributed by atoms with Gasteiger partial charge < -0.3 is 9.84 Å². The maximum absolute atomic E-state index is 10.5. The third-order valence-corrected chi connectivity index (χ3v) is 7.47. The largest absolute Gasteiger partial charge is 0.497 e. The second kappa shape index (κ2) is 3.38. The number of aliphatic hydroxyl groups is 1. The van der Waals surface area contributed by atoms with Crippen LogP contribution in [0.2, 0.25) is 0 Å². The first-order chi connectivity index (χ1) is 10.1. The summed E-state index contributed by atoms with van der Waals surface area (Å²) >= 11 is 0. The number of fused-ring (bicyclic) bond motifs is 1. The molecule has 21 heavy (non-hydrogen) atoms. The SMILES string of the molecule is COc1ccc2c(c1)CCC1C34C=C[C@@H](O)[C@@]3(C)CC[C@]214. The highest BCUT2D eigenvalue weighted by Crippen LogP contribution is 2.88. The second-order valence-corrected chi connectivity index (χ2v) is 7.68. The fourth-order valence-electron chi connectivity index (χ4n) is 6.56. The van der Waals surface area contributed by atoms with Gasteiger partial charge in [0.15, 0.2) is 0 Å². The van der Waals surface area contributed by atoms with Crippen LogP contribution in [0.5, 0.6) is 5.75 Å². The molecule has 0 aromatic heterocycles. The lowest BCUT2D eigenvalue weighted by Crippen LogP contribution is -2.33. The molecule has 4 aliphatic rings. The summed E-state index contributed by atoms with van der Waals surface area (Å²) in [6.07, 6.45) is 8.98. The number of aliphatic hydroxyl groups excluding tert-OH is 1. The molecule has 110 valence electrons. The summed E-state index contributed by atoms with van der Waals surface area (Å²) < 4.78 is 5.41. The molecule has 4 aliphatic carbocycles. The minimum Gasteiger partial charge on any atom is -0.497 e. The monoisotopic (exact) mass is 282 g/mol. The Hall–Kier alpha value is -1.28. The zero-order valence-electron chi connectivity index (χ0n) is 12.7. The molecule has 1 aromatic carbocycles. The molecule has 5 atom stereocenters. The lowest BCUT2D eigenvalue weighted by Gasteiger charge is -2.33. The number of ether oxygens (including phenoxy) is 1. The Balaban J connectivity index is 1.71. The maximum atomic E-state index is 10.5. The van der Waals surface area contributed by atoms with Crippen LogP contribution in [-0.2, 0) is 11.8 Å². The van der Waals surface area contributed by atoms with Crippen molar-refractivity contribution >= 4 is 0 Å². The van der Waals surface area contributed by atoms with Crippen LogP contribution in [-0.4, -0.2) is 18.3 Å². The normalized spacial score (nSPS) is 48.3. The molecule has 0 saturated heterocycles. The quantitative estimate of drug-likeness (QED) is 0.801. The van der Waals surface area contributed by atoms with E-state index in [-0.39, 0.29) is 16.9 Å². The van der Waals surface area contributed by atoms with Gasteiger partial charge in [-0.25, -0.2) is 0 Å². The van der Waals surface area contributed by atoms with Gasteiger partial charge in [0.05, 0.1) is 13.2 Å². The molecule has 0 amide bonds. The molecule has 2 fully saturated rings. The van der Waals surface area contributed by atoms with E-state index in [4.69, 9.17) is 4.74 Å². The number of benzene rings is 1. The average molecular weight is 282 g/mol. The van der Waals surface area contributed by atoms with E-state index >= 15 is 0 Å². The Morgan fingerprint density at radius 3 is 2.95 bits per heavy atom. The zero-order chi connectivity index (χ0) is 14.5. The van der Waals surface area contributed by atoms with E-state index in [0.29, 0.717) is 5.41 Å². The van der Waals surface area contributed by atoms with Crippen LogP contribution < -0.4 is 4.74 Å². The fourth-order valence-corrected chi connectivity index (χ4v) is 6.56. The predicted octanol–water partition coefficient (Wildman–Crippen LogP) is 3.23. The zero-order valence-corrected chi connectivity index (χ0v) is 12.7. The number of hydrogen-bond acceptors (Lipinski definition) is 2. The first kappa shape index (κ1) is 12.3. The summed E-state index contributed by atoms with van der Waals surface area (Å²) in [6, 6.07) is 6.66. The molecular formula is C19H22O2. The van der Waals surface area contributed by atoms with Gasteiger partial charge in [0.1, 0.15) is 5.75 Å². The molecule has 1 N–H and O–H groups in total. The van der Waals surface area contributed by atoms with Crippen molar-refractivity contribution in [2.75, 3.05) is 7.11 Å². The first-order valence-corrected chi connectivity index (χ1v) is 8.15. The Morgan fingerprint density at radius 2 is 2.14 bits per heavy atom. The van der Waals surface area contributed by atoms with Crippen LogP contribution in [0.1, 0.15) is 37.3 Å². The molecule has 0 aliphatic heterocycles. The molecule has 5 rings (SSSR count). The Bertz CT molecular complexity index is 678. The summed E-state index contributed by atoms with van der Waals surface area (Å²) in [5.74, 6) is 1.71. The summed E-state index contributed by atoms with van der Waals surface area (Å²) in [4.78, 5) is 0. The molecule has 0 bridgehead atoms. The third-order valence-electron chi connectivity index (χ3n) is 7.47. The number of aryl methyl sites for hydroxylation is 1. The van der Waals surface area contributed by atoms with Gasteiger partial charge in [-0.05, 0) is 54.9 Å². The van der Waals surface area contributed by atoms with Crippen LogP contribution in [0.25, 0.3) is 0 Å². The van der Waals surface area contributed by atoms with E-state index in [0.717, 1.165) is 24.5 Å². The van der Waals surface area contributed by atoms with Crippen LogP contribution in [0.4, 0.5) is 0 Å². The molecule has 2 saturated carbocycles. The minimum absolute atomic E-state index is 0.0548. The van der Waals surface area contributed by atoms with Crippen LogP contribution in [0.3, 0.4) is 0 Å². The van der Waals surface area contributed by atoms with Crippen LogP contribution in [0.15, 0.2) is 30.4 Å². The molecule has 0 heterocycles. The number of allylic oxidation sites excluding steroid dienone is 1. The standard InChI is InChI=1S/C19H22O2/c1-17-9-10-18-14-5-4-13(21-2)11-12(14)3-6-15(18)19(17,18)8-7-16(17)20/h4-5,7-8,11,15-16,20H,3,6,9-10H2,1-2H3/t15?,16-,17-,18+,19?/m1/s1.